The van der Waals surface area contributed by atoms with Crippen LogP contribution >= 0.6 is 11.3 Å². The average molecular weight is 507 g/mol. The third-order valence-corrected chi connectivity index (χ3v) is 7.48. The fraction of sp³-hybridized carbons (Fsp3) is 0.321. The molecular formula is C28H30N2O5S. The van der Waals surface area contributed by atoms with Gasteiger partial charge in [-0.1, -0.05) is 37.3 Å². The average Bonchev–Trinajstić information content (AvgIpc) is 3.25. The van der Waals surface area contributed by atoms with Gasteiger partial charge >= 0.3 is 11.9 Å². The molecule has 0 saturated carbocycles. The highest BCUT2D eigenvalue weighted by Crippen LogP contribution is 2.43. The number of nitrogens with one attached hydrogen (secondary N) is 1. The van der Waals surface area contributed by atoms with Crippen LogP contribution in [0, 0.1) is 0 Å². The lowest BCUT2D eigenvalue weighted by atomic mass is 9.83. The third kappa shape index (κ3) is 5.60. The number of hydrogen-bond donors (Lipinski definition) is 2. The molecule has 4 rings (SSSR count). The van der Waals surface area contributed by atoms with Crippen LogP contribution in [-0.4, -0.2) is 30.6 Å². The summed E-state index contributed by atoms with van der Waals surface area (Å²) >= 11 is 1.40. The summed E-state index contributed by atoms with van der Waals surface area (Å²) in [4.78, 5) is 39.7. The molecular weight excluding hydrogens is 476 g/mol. The number of nitrogens with two attached hydrogens (primary N) is 1. The molecule has 7 nitrogen and oxygen atoms in total. The van der Waals surface area contributed by atoms with Crippen LogP contribution in [0.3, 0.4) is 0 Å². The predicted molar refractivity (Wildman–Crippen MR) is 140 cm³/mol. The molecule has 0 spiro atoms. The Kier molecular flexibility index (Phi) is 8.05. The summed E-state index contributed by atoms with van der Waals surface area (Å²) in [5.74, 6) is -1.19. The van der Waals surface area contributed by atoms with E-state index in [1.165, 1.54) is 16.9 Å². The Morgan fingerprint density at radius 2 is 1.78 bits per heavy atom. The van der Waals surface area contributed by atoms with Crippen LogP contribution in [0.4, 0.5) is 10.7 Å². The summed E-state index contributed by atoms with van der Waals surface area (Å²) in [6.07, 6.45) is 1.68. The molecule has 188 valence electrons. The zero-order valence-electron chi connectivity index (χ0n) is 20.4. The van der Waals surface area contributed by atoms with Crippen LogP contribution < -0.4 is 11.1 Å². The van der Waals surface area contributed by atoms with Gasteiger partial charge in [0.05, 0.1) is 17.7 Å². The van der Waals surface area contributed by atoms with Crippen molar-refractivity contribution in [1.82, 2.24) is 0 Å². The van der Waals surface area contributed by atoms with Crippen molar-refractivity contribution in [3.8, 4) is 0 Å². The lowest BCUT2D eigenvalue weighted by molar-refractivity contribution is -0.124. The lowest BCUT2D eigenvalue weighted by Gasteiger charge is -2.23. The van der Waals surface area contributed by atoms with Gasteiger partial charge in [-0.15, -0.1) is 11.3 Å². The summed E-state index contributed by atoms with van der Waals surface area (Å²) in [5, 5.41) is 3.30. The molecule has 1 aliphatic rings. The van der Waals surface area contributed by atoms with Crippen LogP contribution in [-0.2, 0) is 27.1 Å². The van der Waals surface area contributed by atoms with Gasteiger partial charge in [-0.3, -0.25) is 4.79 Å². The molecule has 2 aromatic carbocycles. The maximum absolute atomic E-state index is 13.1. The second-order valence-electron chi connectivity index (χ2n) is 8.69. The van der Waals surface area contributed by atoms with E-state index in [0.29, 0.717) is 27.7 Å². The molecule has 36 heavy (non-hydrogen) atoms. The summed E-state index contributed by atoms with van der Waals surface area (Å²) in [6.45, 7) is 3.75. The Morgan fingerprint density at radius 3 is 2.44 bits per heavy atom. The van der Waals surface area contributed by atoms with Gasteiger partial charge in [0.2, 0.25) is 0 Å². The number of nitrogen functional groups attached to an aromatic ring is 1. The number of carbonyl (C=O) groups is 3. The van der Waals surface area contributed by atoms with Crippen molar-refractivity contribution in [2.75, 3.05) is 17.7 Å². The van der Waals surface area contributed by atoms with Crippen LogP contribution in [0.25, 0.3) is 0 Å². The maximum Gasteiger partial charge on any atom is 0.341 e. The number of benzene rings is 2. The van der Waals surface area contributed by atoms with E-state index in [2.05, 4.69) is 17.4 Å². The van der Waals surface area contributed by atoms with Crippen LogP contribution in [0.2, 0.25) is 0 Å². The minimum Gasteiger partial charge on any atom is -0.462 e. The van der Waals surface area contributed by atoms with Gasteiger partial charge in [-0.05, 0) is 73.9 Å². The van der Waals surface area contributed by atoms with E-state index in [0.717, 1.165) is 29.7 Å². The molecule has 1 aromatic heterocycles. The Morgan fingerprint density at radius 1 is 1.06 bits per heavy atom. The Hall–Kier alpha value is -3.65. The first kappa shape index (κ1) is 25.4. The number of esters is 2. The highest BCUT2D eigenvalue weighted by molar-refractivity contribution is 7.17. The molecule has 1 heterocycles. The fourth-order valence-corrected chi connectivity index (χ4v) is 5.75. The zero-order valence-corrected chi connectivity index (χ0v) is 21.2. The first-order chi connectivity index (χ1) is 17.4. The summed E-state index contributed by atoms with van der Waals surface area (Å²) in [6, 6.07) is 16.6. The van der Waals surface area contributed by atoms with Gasteiger partial charge in [-0.2, -0.15) is 0 Å². The van der Waals surface area contributed by atoms with Gasteiger partial charge < -0.3 is 20.5 Å². The molecule has 1 amide bonds. The first-order valence-electron chi connectivity index (χ1n) is 12.1. The van der Waals surface area contributed by atoms with Crippen LogP contribution in [0.1, 0.15) is 69.3 Å². The topological polar surface area (TPSA) is 108 Å². The standard InChI is InChI=1S/C28H30N2O5S/c1-3-22(35-27(32)18-10-13-20(29)14-11-18)25(31)30-26-24(28(33)34-4-2)21-15-12-19(16-23(21)36-26)17-8-6-5-7-9-17/h5-11,13-14,19,22H,3-4,12,15-16,29H2,1-2H3,(H,30,31). The predicted octanol–water partition coefficient (Wildman–Crippen LogP) is 5.35. The second kappa shape index (κ2) is 11.4. The lowest BCUT2D eigenvalue weighted by Crippen LogP contribution is -2.32. The molecule has 0 bridgehead atoms. The van der Waals surface area contributed by atoms with E-state index in [4.69, 9.17) is 15.2 Å². The van der Waals surface area contributed by atoms with Crippen LogP contribution in [0.5, 0.6) is 0 Å². The van der Waals surface area contributed by atoms with E-state index in [1.807, 2.05) is 18.2 Å². The highest BCUT2D eigenvalue weighted by Gasteiger charge is 2.32. The molecule has 0 saturated heterocycles. The van der Waals surface area contributed by atoms with Crippen molar-refractivity contribution in [2.45, 2.75) is 51.6 Å². The molecule has 2 unspecified atom stereocenters. The van der Waals surface area contributed by atoms with Crippen molar-refractivity contribution >= 4 is 39.9 Å². The first-order valence-corrected chi connectivity index (χ1v) is 13.0. The van der Waals surface area contributed by atoms with E-state index < -0.39 is 23.9 Å². The van der Waals surface area contributed by atoms with E-state index >= 15 is 0 Å². The normalized spacial score (nSPS) is 15.4. The summed E-state index contributed by atoms with van der Waals surface area (Å²) in [7, 11) is 0. The number of carbonyl (C=O) groups excluding carboxylic acids is 3. The Balaban J connectivity index is 1.55. The monoisotopic (exact) mass is 506 g/mol. The number of rotatable bonds is 8. The molecule has 1 aliphatic carbocycles. The highest BCUT2D eigenvalue weighted by atomic mass is 32.1. The molecule has 0 radical (unpaired) electrons. The largest absolute Gasteiger partial charge is 0.462 e. The summed E-state index contributed by atoms with van der Waals surface area (Å²) < 4.78 is 10.8. The molecule has 0 fully saturated rings. The quantitative estimate of drug-likeness (QED) is 0.315. The molecule has 3 aromatic rings. The van der Waals surface area contributed by atoms with Crippen molar-refractivity contribution < 1.29 is 23.9 Å². The van der Waals surface area contributed by atoms with Gasteiger partial charge in [0.15, 0.2) is 6.10 Å². The molecule has 0 aliphatic heterocycles. The van der Waals surface area contributed by atoms with E-state index in [9.17, 15) is 14.4 Å². The SMILES string of the molecule is CCOC(=O)c1c(NC(=O)C(CC)OC(=O)c2ccc(N)cc2)sc2c1CCC(c1ccccc1)C2. The number of fused-ring (bicyclic) bond motifs is 1. The van der Waals surface area contributed by atoms with Crippen molar-refractivity contribution in [2.24, 2.45) is 0 Å². The van der Waals surface area contributed by atoms with Crippen molar-refractivity contribution in [3.05, 3.63) is 81.7 Å². The Bertz CT molecular complexity index is 1240. The maximum atomic E-state index is 13.1. The number of amides is 1. The van der Waals surface area contributed by atoms with E-state index in [-0.39, 0.29) is 13.0 Å². The minimum atomic E-state index is -1.01. The van der Waals surface area contributed by atoms with Gasteiger partial charge in [0.1, 0.15) is 5.00 Å². The molecule has 8 heteroatoms. The number of hydrogen-bond acceptors (Lipinski definition) is 7. The number of ether oxygens (including phenoxy) is 2. The smallest absolute Gasteiger partial charge is 0.341 e. The van der Waals surface area contributed by atoms with E-state index in [1.54, 1.807) is 38.1 Å². The molecule has 2 atom stereocenters. The fourth-order valence-electron chi connectivity index (χ4n) is 4.43. The van der Waals surface area contributed by atoms with Gasteiger partial charge in [0, 0.05) is 10.6 Å². The number of anilines is 2. The summed E-state index contributed by atoms with van der Waals surface area (Å²) in [5.41, 5.74) is 9.13. The molecule has 3 N–H and O–H groups in total. The van der Waals surface area contributed by atoms with Gasteiger partial charge in [0.25, 0.3) is 5.91 Å². The van der Waals surface area contributed by atoms with Crippen molar-refractivity contribution in [3.63, 3.8) is 0 Å². The van der Waals surface area contributed by atoms with Crippen LogP contribution in [0.15, 0.2) is 54.6 Å². The zero-order chi connectivity index (χ0) is 25.7. The Labute approximate surface area is 214 Å². The van der Waals surface area contributed by atoms with Gasteiger partial charge in [-0.25, -0.2) is 9.59 Å². The minimum absolute atomic E-state index is 0.236. The number of thiophene rings is 1. The third-order valence-electron chi connectivity index (χ3n) is 6.31. The van der Waals surface area contributed by atoms with Crippen molar-refractivity contribution in [1.29, 1.82) is 0 Å². The second-order valence-corrected chi connectivity index (χ2v) is 9.80.